The number of carboxylic acid groups (broad SMARTS) is 3. The fraction of sp³-hybridized carbons (Fsp3) is 0.897. The van der Waals surface area contributed by atoms with Gasteiger partial charge >= 0.3 is 17.9 Å². The van der Waals surface area contributed by atoms with Crippen molar-refractivity contribution in [2.75, 3.05) is 26.2 Å². The summed E-state index contributed by atoms with van der Waals surface area (Å²) in [7, 11) is 0. The van der Waals surface area contributed by atoms with Gasteiger partial charge in [0.25, 0.3) is 0 Å². The predicted molar refractivity (Wildman–Crippen MR) is 145 cm³/mol. The molecular formula is C29H56NO6+. The van der Waals surface area contributed by atoms with Crippen LogP contribution in [0, 0.1) is 0 Å². The summed E-state index contributed by atoms with van der Waals surface area (Å²) in [6.07, 6.45) is 20.6. The van der Waals surface area contributed by atoms with Crippen LogP contribution >= 0.6 is 0 Å². The highest BCUT2D eigenvalue weighted by molar-refractivity contribution is 5.67. The Kier molecular flexibility index (Phi) is 22.7. The number of quaternary nitrogens is 1. The molecular weight excluding hydrogens is 458 g/mol. The highest BCUT2D eigenvalue weighted by Crippen LogP contribution is 2.19. The first-order chi connectivity index (χ1) is 17.3. The van der Waals surface area contributed by atoms with Crippen LogP contribution in [0.15, 0.2) is 0 Å². The molecule has 7 heteroatoms. The number of hydrogen-bond donors (Lipinski definition) is 3. The van der Waals surface area contributed by atoms with Gasteiger partial charge in [-0.15, -0.1) is 0 Å². The van der Waals surface area contributed by atoms with Gasteiger partial charge in [-0.25, -0.2) is 0 Å². The number of carboxylic acids is 3. The standard InChI is InChI=1S/C29H55NO6/c1-2-3-4-5-6-7-8-9-10-11-12-16-23-30(24-17-13-20-27(31)32,25-18-14-21-28(33)34)26-19-15-22-29(35)36/h2-26H2,1H3,(H2-,31,32,33,34,35,36)/p+1. The molecule has 36 heavy (non-hydrogen) atoms. The molecule has 0 heterocycles. The maximum atomic E-state index is 11.0. The Hall–Kier alpha value is -1.63. The molecule has 0 saturated carbocycles. The summed E-state index contributed by atoms with van der Waals surface area (Å²) >= 11 is 0. The minimum absolute atomic E-state index is 0.177. The van der Waals surface area contributed by atoms with E-state index < -0.39 is 17.9 Å². The molecule has 0 rings (SSSR count). The Morgan fingerprint density at radius 1 is 0.417 bits per heavy atom. The predicted octanol–water partition coefficient (Wildman–Crippen LogP) is 7.27. The summed E-state index contributed by atoms with van der Waals surface area (Å²) < 4.78 is 0.872. The number of unbranched alkanes of at least 4 members (excludes halogenated alkanes) is 14. The Bertz CT molecular complexity index is 511. The minimum Gasteiger partial charge on any atom is -0.481 e. The summed E-state index contributed by atoms with van der Waals surface area (Å²) in [6, 6.07) is 0. The van der Waals surface area contributed by atoms with Crippen molar-refractivity contribution in [2.45, 2.75) is 142 Å². The van der Waals surface area contributed by atoms with Crippen LogP contribution in [0.4, 0.5) is 0 Å². The van der Waals surface area contributed by atoms with E-state index in [0.717, 1.165) is 56.3 Å². The quantitative estimate of drug-likeness (QED) is 0.0747. The second-order valence-electron chi connectivity index (χ2n) is 10.7. The lowest BCUT2D eigenvalue weighted by Gasteiger charge is -2.39. The van der Waals surface area contributed by atoms with Crippen LogP contribution in [-0.4, -0.2) is 63.9 Å². The molecule has 0 bridgehead atoms. The van der Waals surface area contributed by atoms with E-state index in [0.29, 0.717) is 19.3 Å². The van der Waals surface area contributed by atoms with Crippen molar-refractivity contribution in [1.29, 1.82) is 0 Å². The molecule has 0 aromatic carbocycles. The van der Waals surface area contributed by atoms with Gasteiger partial charge in [-0.1, -0.05) is 71.1 Å². The molecule has 0 aliphatic rings. The Balaban J connectivity index is 4.61. The molecule has 0 spiro atoms. The van der Waals surface area contributed by atoms with E-state index in [1.54, 1.807) is 0 Å². The number of carbonyl (C=O) groups is 3. The number of nitrogens with zero attached hydrogens (tertiary/aromatic N) is 1. The molecule has 0 unspecified atom stereocenters. The highest BCUT2D eigenvalue weighted by atomic mass is 16.4. The van der Waals surface area contributed by atoms with Crippen LogP contribution in [0.5, 0.6) is 0 Å². The number of aliphatic carboxylic acids is 3. The molecule has 0 radical (unpaired) electrons. The lowest BCUT2D eigenvalue weighted by Crippen LogP contribution is -2.51. The van der Waals surface area contributed by atoms with Gasteiger partial charge in [-0.2, -0.15) is 0 Å². The zero-order valence-corrected chi connectivity index (χ0v) is 23.2. The van der Waals surface area contributed by atoms with E-state index in [2.05, 4.69) is 6.92 Å². The molecule has 0 aliphatic heterocycles. The Labute approximate surface area is 220 Å². The van der Waals surface area contributed by atoms with Crippen molar-refractivity contribution in [2.24, 2.45) is 0 Å². The lowest BCUT2D eigenvalue weighted by molar-refractivity contribution is -0.929. The topological polar surface area (TPSA) is 112 Å². The van der Waals surface area contributed by atoms with E-state index in [1.165, 1.54) is 70.6 Å². The van der Waals surface area contributed by atoms with E-state index in [4.69, 9.17) is 15.3 Å². The van der Waals surface area contributed by atoms with Crippen LogP contribution in [-0.2, 0) is 14.4 Å². The first kappa shape index (κ1) is 34.4. The first-order valence-electron chi connectivity index (χ1n) is 14.8. The molecule has 0 amide bonds. The monoisotopic (exact) mass is 514 g/mol. The zero-order chi connectivity index (χ0) is 26.9. The molecule has 0 aromatic heterocycles. The van der Waals surface area contributed by atoms with Gasteiger partial charge in [0.05, 0.1) is 26.2 Å². The fourth-order valence-corrected chi connectivity index (χ4v) is 5.13. The van der Waals surface area contributed by atoms with Crippen LogP contribution < -0.4 is 0 Å². The molecule has 0 fully saturated rings. The van der Waals surface area contributed by atoms with Gasteiger partial charge in [0, 0.05) is 19.3 Å². The van der Waals surface area contributed by atoms with Crippen LogP contribution in [0.2, 0.25) is 0 Å². The van der Waals surface area contributed by atoms with E-state index in [9.17, 15) is 14.4 Å². The Morgan fingerprint density at radius 3 is 0.944 bits per heavy atom. The summed E-state index contributed by atoms with van der Waals surface area (Å²) in [4.78, 5) is 32.9. The first-order valence-corrected chi connectivity index (χ1v) is 14.8. The van der Waals surface area contributed by atoms with Crippen molar-refractivity contribution in [3.63, 3.8) is 0 Å². The van der Waals surface area contributed by atoms with E-state index in [-0.39, 0.29) is 19.3 Å². The second-order valence-corrected chi connectivity index (χ2v) is 10.7. The number of hydrogen-bond acceptors (Lipinski definition) is 3. The molecule has 212 valence electrons. The summed E-state index contributed by atoms with van der Waals surface area (Å²) in [5.41, 5.74) is 0. The van der Waals surface area contributed by atoms with Gasteiger partial charge in [0.1, 0.15) is 0 Å². The van der Waals surface area contributed by atoms with Crippen molar-refractivity contribution in [1.82, 2.24) is 0 Å². The van der Waals surface area contributed by atoms with Crippen LogP contribution in [0.1, 0.15) is 142 Å². The molecule has 0 aromatic rings. The molecule has 0 atom stereocenters. The largest absolute Gasteiger partial charge is 0.481 e. The van der Waals surface area contributed by atoms with Gasteiger partial charge in [0.15, 0.2) is 0 Å². The van der Waals surface area contributed by atoms with Crippen LogP contribution in [0.3, 0.4) is 0 Å². The van der Waals surface area contributed by atoms with Crippen molar-refractivity contribution < 1.29 is 34.2 Å². The summed E-state index contributed by atoms with van der Waals surface area (Å²) in [5.74, 6) is -2.30. The second kappa shape index (κ2) is 23.7. The van der Waals surface area contributed by atoms with Crippen molar-refractivity contribution in [3.05, 3.63) is 0 Å². The van der Waals surface area contributed by atoms with Gasteiger partial charge in [-0.3, -0.25) is 14.4 Å². The SMILES string of the molecule is CCCCCCCCCCCCCC[N+](CCCCC(=O)O)(CCCCC(=O)O)CCCCC(=O)O. The van der Waals surface area contributed by atoms with Crippen molar-refractivity contribution in [3.8, 4) is 0 Å². The third kappa shape index (κ3) is 22.8. The third-order valence-electron chi connectivity index (χ3n) is 7.31. The van der Waals surface area contributed by atoms with E-state index in [1.807, 2.05) is 0 Å². The van der Waals surface area contributed by atoms with Crippen molar-refractivity contribution >= 4 is 17.9 Å². The smallest absolute Gasteiger partial charge is 0.303 e. The molecule has 0 aliphatic carbocycles. The summed E-state index contributed by atoms with van der Waals surface area (Å²) in [6.45, 7) is 5.95. The normalized spacial score (nSPS) is 11.6. The molecule has 0 saturated heterocycles. The average molecular weight is 515 g/mol. The zero-order valence-electron chi connectivity index (χ0n) is 23.2. The van der Waals surface area contributed by atoms with Gasteiger partial charge in [-0.05, 0) is 51.4 Å². The average Bonchev–Trinajstić information content (AvgIpc) is 2.82. The number of rotatable bonds is 28. The fourth-order valence-electron chi connectivity index (χ4n) is 5.13. The minimum atomic E-state index is -0.767. The van der Waals surface area contributed by atoms with Crippen LogP contribution in [0.25, 0.3) is 0 Å². The maximum Gasteiger partial charge on any atom is 0.303 e. The van der Waals surface area contributed by atoms with Gasteiger partial charge < -0.3 is 19.8 Å². The maximum absolute atomic E-state index is 11.0. The van der Waals surface area contributed by atoms with Gasteiger partial charge in [0.2, 0.25) is 0 Å². The molecule has 7 nitrogen and oxygen atoms in total. The lowest BCUT2D eigenvalue weighted by atomic mass is 10.0. The molecule has 3 N–H and O–H groups in total. The third-order valence-corrected chi connectivity index (χ3v) is 7.31. The highest BCUT2D eigenvalue weighted by Gasteiger charge is 2.26. The van der Waals surface area contributed by atoms with E-state index >= 15 is 0 Å². The Morgan fingerprint density at radius 2 is 0.667 bits per heavy atom. The summed E-state index contributed by atoms with van der Waals surface area (Å²) in [5, 5.41) is 27.0.